The number of fused-ring (bicyclic) bond motifs is 1. The fraction of sp³-hybridized carbons (Fsp3) is 0.111. The van der Waals surface area contributed by atoms with Crippen molar-refractivity contribution in [1.82, 2.24) is 0 Å². The Morgan fingerprint density at radius 1 is 1.46 bits per heavy atom. The zero-order valence-electron chi connectivity index (χ0n) is 6.48. The third-order valence-corrected chi connectivity index (χ3v) is 4.70. The van der Waals surface area contributed by atoms with Crippen LogP contribution in [0, 0.1) is 9.39 Å². The summed E-state index contributed by atoms with van der Waals surface area (Å²) in [5.74, 6) is -0.124. The minimum atomic E-state index is -0.124. The number of thiophene rings is 1. The molecule has 1 heterocycles. The Balaban J connectivity index is 2.76. The van der Waals surface area contributed by atoms with Crippen LogP contribution in [0.1, 0.15) is 5.56 Å². The van der Waals surface area contributed by atoms with Crippen LogP contribution in [0.4, 0.5) is 4.39 Å². The van der Waals surface area contributed by atoms with Crippen molar-refractivity contribution >= 4 is 59.9 Å². The Morgan fingerprint density at radius 2 is 2.23 bits per heavy atom. The molecule has 0 aliphatic heterocycles. The summed E-state index contributed by atoms with van der Waals surface area (Å²) in [6.45, 7) is 0. The molecule has 2 aromatic rings. The second kappa shape index (κ2) is 3.82. The predicted molar refractivity (Wildman–Crippen MR) is 67.1 cm³/mol. The summed E-state index contributed by atoms with van der Waals surface area (Å²) in [6.07, 6.45) is 0. The number of alkyl halides is 1. The summed E-state index contributed by atoms with van der Waals surface area (Å²) in [4.78, 5) is 0. The molecule has 0 amide bonds. The van der Waals surface area contributed by atoms with E-state index in [9.17, 15) is 4.39 Å². The molecule has 0 bridgehead atoms. The van der Waals surface area contributed by atoms with Gasteiger partial charge in [-0.25, -0.2) is 4.39 Å². The molecule has 0 aliphatic carbocycles. The molecule has 0 N–H and O–H groups in total. The average Bonchev–Trinajstić information content (AvgIpc) is 2.47. The highest BCUT2D eigenvalue weighted by Crippen LogP contribution is 2.30. The summed E-state index contributed by atoms with van der Waals surface area (Å²) >= 11 is 7.15. The first-order chi connectivity index (χ1) is 6.22. The quantitative estimate of drug-likeness (QED) is 0.510. The van der Waals surface area contributed by atoms with Gasteiger partial charge in [0.25, 0.3) is 0 Å². The minimum absolute atomic E-state index is 0.124. The second-order valence-electron chi connectivity index (χ2n) is 2.66. The van der Waals surface area contributed by atoms with E-state index in [-0.39, 0.29) is 5.82 Å². The van der Waals surface area contributed by atoms with Crippen LogP contribution < -0.4 is 0 Å². The first-order valence-electron chi connectivity index (χ1n) is 3.63. The highest BCUT2D eigenvalue weighted by molar-refractivity contribution is 14.1. The van der Waals surface area contributed by atoms with Gasteiger partial charge in [-0.2, -0.15) is 0 Å². The Morgan fingerprint density at radius 3 is 2.92 bits per heavy atom. The van der Waals surface area contributed by atoms with Gasteiger partial charge in [0.1, 0.15) is 5.82 Å². The molecule has 0 saturated carbocycles. The van der Waals surface area contributed by atoms with E-state index < -0.39 is 0 Å². The van der Waals surface area contributed by atoms with Crippen molar-refractivity contribution in [1.29, 1.82) is 0 Å². The average molecular weight is 371 g/mol. The Labute approximate surface area is 101 Å². The normalized spacial score (nSPS) is 11.0. The number of hydrogen-bond donors (Lipinski definition) is 0. The molecule has 0 aliphatic rings. The molecule has 0 unspecified atom stereocenters. The third-order valence-electron chi connectivity index (χ3n) is 1.84. The first-order valence-corrected chi connectivity index (χ1v) is 6.71. The zero-order valence-corrected chi connectivity index (χ0v) is 11.0. The van der Waals surface area contributed by atoms with Gasteiger partial charge in [0, 0.05) is 24.4 Å². The molecular weight excluding hydrogens is 366 g/mol. The third kappa shape index (κ3) is 1.76. The fourth-order valence-corrected chi connectivity index (χ4v) is 3.46. The molecule has 0 saturated heterocycles. The Kier molecular flexibility index (Phi) is 2.90. The van der Waals surface area contributed by atoms with E-state index in [0.717, 1.165) is 19.2 Å². The molecule has 68 valence electrons. The maximum absolute atomic E-state index is 13.3. The van der Waals surface area contributed by atoms with Crippen LogP contribution in [0.2, 0.25) is 0 Å². The van der Waals surface area contributed by atoms with Gasteiger partial charge in [-0.05, 0) is 40.3 Å². The van der Waals surface area contributed by atoms with Gasteiger partial charge in [0.15, 0.2) is 0 Å². The van der Waals surface area contributed by atoms with Crippen molar-refractivity contribution in [3.05, 3.63) is 32.5 Å². The molecule has 0 nitrogen and oxygen atoms in total. The lowest BCUT2D eigenvalue weighted by Gasteiger charge is -1.98. The lowest BCUT2D eigenvalue weighted by atomic mass is 10.2. The van der Waals surface area contributed by atoms with Crippen molar-refractivity contribution in [3.63, 3.8) is 0 Å². The van der Waals surface area contributed by atoms with Crippen molar-refractivity contribution in [2.24, 2.45) is 0 Å². The molecule has 13 heavy (non-hydrogen) atoms. The first kappa shape index (κ1) is 9.86. The van der Waals surface area contributed by atoms with E-state index in [1.807, 2.05) is 11.4 Å². The molecule has 1 aromatic carbocycles. The topological polar surface area (TPSA) is 0 Å². The van der Waals surface area contributed by atoms with E-state index >= 15 is 0 Å². The molecule has 0 radical (unpaired) electrons. The zero-order chi connectivity index (χ0) is 9.42. The summed E-state index contributed by atoms with van der Waals surface area (Å²) in [7, 11) is 0. The largest absolute Gasteiger partial charge is 0.207 e. The Bertz CT molecular complexity index is 452. The van der Waals surface area contributed by atoms with Crippen LogP contribution in [-0.2, 0) is 5.33 Å². The number of rotatable bonds is 1. The highest BCUT2D eigenvalue weighted by atomic mass is 127. The van der Waals surface area contributed by atoms with Crippen LogP contribution in [0.15, 0.2) is 17.5 Å². The van der Waals surface area contributed by atoms with Crippen molar-refractivity contribution in [3.8, 4) is 0 Å². The summed E-state index contributed by atoms with van der Waals surface area (Å²) in [5.41, 5.74) is 0.728. The number of hydrogen-bond acceptors (Lipinski definition) is 1. The predicted octanol–water partition coefficient (Wildman–Crippen LogP) is 4.54. The molecule has 0 spiro atoms. The lowest BCUT2D eigenvalue weighted by molar-refractivity contribution is 0.620. The smallest absolute Gasteiger partial charge is 0.127 e. The molecule has 0 fully saturated rings. The van der Waals surface area contributed by atoms with Gasteiger partial charge >= 0.3 is 0 Å². The van der Waals surface area contributed by atoms with Crippen LogP contribution in [-0.4, -0.2) is 0 Å². The fourth-order valence-electron chi connectivity index (χ4n) is 1.16. The van der Waals surface area contributed by atoms with Crippen molar-refractivity contribution in [2.45, 2.75) is 5.33 Å². The van der Waals surface area contributed by atoms with Crippen LogP contribution in [0.3, 0.4) is 0 Å². The van der Waals surface area contributed by atoms with E-state index in [1.54, 1.807) is 17.4 Å². The van der Waals surface area contributed by atoms with Crippen molar-refractivity contribution in [2.75, 3.05) is 0 Å². The minimum Gasteiger partial charge on any atom is -0.207 e. The molecule has 0 atom stereocenters. The van der Waals surface area contributed by atoms with E-state index in [1.165, 1.54) is 0 Å². The standard InChI is InChI=1S/C9H5BrFIS/c10-3-5-1-9-6(2-7(5)11)8(12)4-13-9/h1-2,4H,3H2. The van der Waals surface area contributed by atoms with Gasteiger partial charge in [-0.15, -0.1) is 11.3 Å². The SMILES string of the molecule is Fc1cc2c(I)csc2cc1CBr. The summed E-state index contributed by atoms with van der Waals surface area (Å²) in [5, 5.41) is 3.64. The molecule has 1 aromatic heterocycles. The van der Waals surface area contributed by atoms with Crippen molar-refractivity contribution < 1.29 is 4.39 Å². The highest BCUT2D eigenvalue weighted by Gasteiger charge is 2.07. The summed E-state index contributed by atoms with van der Waals surface area (Å²) in [6, 6.07) is 3.52. The number of halogens is 3. The van der Waals surface area contributed by atoms with Gasteiger partial charge in [0.05, 0.1) is 0 Å². The summed E-state index contributed by atoms with van der Waals surface area (Å²) < 4.78 is 15.6. The van der Waals surface area contributed by atoms with E-state index in [2.05, 4.69) is 38.5 Å². The molecule has 4 heteroatoms. The second-order valence-corrected chi connectivity index (χ2v) is 5.29. The van der Waals surface area contributed by atoms with Gasteiger partial charge < -0.3 is 0 Å². The van der Waals surface area contributed by atoms with E-state index in [4.69, 9.17) is 0 Å². The number of benzene rings is 1. The molecular formula is C9H5BrFIS. The van der Waals surface area contributed by atoms with Crippen LogP contribution >= 0.6 is 49.9 Å². The van der Waals surface area contributed by atoms with Gasteiger partial charge in [0.2, 0.25) is 0 Å². The van der Waals surface area contributed by atoms with Crippen LogP contribution in [0.5, 0.6) is 0 Å². The monoisotopic (exact) mass is 370 g/mol. The maximum atomic E-state index is 13.3. The maximum Gasteiger partial charge on any atom is 0.127 e. The van der Waals surface area contributed by atoms with Gasteiger partial charge in [-0.1, -0.05) is 15.9 Å². The van der Waals surface area contributed by atoms with E-state index in [0.29, 0.717) is 5.33 Å². The van der Waals surface area contributed by atoms with Gasteiger partial charge in [-0.3, -0.25) is 0 Å². The Hall–Kier alpha value is 0.320. The van der Waals surface area contributed by atoms with Crippen LogP contribution in [0.25, 0.3) is 10.1 Å². The molecule has 2 rings (SSSR count). The lowest BCUT2D eigenvalue weighted by Crippen LogP contribution is -1.84.